The SMILES string of the molecule is CC(N)(C(=O)N1CCNCC1)c1ccccc1. The second-order valence-electron chi connectivity index (χ2n) is 4.61. The van der Waals surface area contributed by atoms with Gasteiger partial charge in [-0.25, -0.2) is 0 Å². The minimum Gasteiger partial charge on any atom is -0.338 e. The van der Waals surface area contributed by atoms with Crippen LogP contribution in [0.5, 0.6) is 0 Å². The third-order valence-electron chi connectivity index (χ3n) is 3.22. The molecule has 1 aliphatic rings. The van der Waals surface area contributed by atoms with Gasteiger partial charge in [0.15, 0.2) is 0 Å². The molecule has 1 saturated heterocycles. The molecule has 0 saturated carbocycles. The van der Waals surface area contributed by atoms with Gasteiger partial charge in [-0.15, -0.1) is 0 Å². The summed E-state index contributed by atoms with van der Waals surface area (Å²) in [6.07, 6.45) is 0. The molecular weight excluding hydrogens is 214 g/mol. The monoisotopic (exact) mass is 233 g/mol. The molecule has 17 heavy (non-hydrogen) atoms. The number of amides is 1. The van der Waals surface area contributed by atoms with Crippen molar-refractivity contribution in [1.29, 1.82) is 0 Å². The number of hydrogen-bond donors (Lipinski definition) is 2. The zero-order chi connectivity index (χ0) is 12.3. The number of carbonyl (C=O) groups is 1. The van der Waals surface area contributed by atoms with Crippen molar-refractivity contribution in [3.05, 3.63) is 35.9 Å². The van der Waals surface area contributed by atoms with Crippen LogP contribution >= 0.6 is 0 Å². The molecule has 3 N–H and O–H groups in total. The maximum Gasteiger partial charge on any atom is 0.247 e. The summed E-state index contributed by atoms with van der Waals surface area (Å²) in [5.41, 5.74) is 6.13. The minimum atomic E-state index is -0.932. The molecule has 0 bridgehead atoms. The molecule has 1 heterocycles. The lowest BCUT2D eigenvalue weighted by Crippen LogP contribution is -2.56. The molecule has 92 valence electrons. The van der Waals surface area contributed by atoms with E-state index in [1.165, 1.54) is 0 Å². The highest BCUT2D eigenvalue weighted by Gasteiger charge is 2.34. The van der Waals surface area contributed by atoms with Gasteiger partial charge in [0.05, 0.1) is 0 Å². The van der Waals surface area contributed by atoms with Crippen LogP contribution in [0.15, 0.2) is 30.3 Å². The smallest absolute Gasteiger partial charge is 0.247 e. The van der Waals surface area contributed by atoms with Gasteiger partial charge in [-0.3, -0.25) is 4.79 Å². The van der Waals surface area contributed by atoms with E-state index in [4.69, 9.17) is 5.73 Å². The lowest BCUT2D eigenvalue weighted by molar-refractivity contribution is -0.137. The fourth-order valence-electron chi connectivity index (χ4n) is 2.10. The van der Waals surface area contributed by atoms with Crippen LogP contribution < -0.4 is 11.1 Å². The predicted octanol–water partition coefficient (Wildman–Crippen LogP) is 0.292. The third-order valence-corrected chi connectivity index (χ3v) is 3.22. The number of nitrogens with two attached hydrogens (primary N) is 1. The second-order valence-corrected chi connectivity index (χ2v) is 4.61. The van der Waals surface area contributed by atoms with E-state index in [-0.39, 0.29) is 5.91 Å². The topological polar surface area (TPSA) is 58.4 Å². The molecule has 1 atom stereocenters. The van der Waals surface area contributed by atoms with Gasteiger partial charge in [-0.05, 0) is 12.5 Å². The Morgan fingerprint density at radius 1 is 1.29 bits per heavy atom. The van der Waals surface area contributed by atoms with Crippen LogP contribution in [0.3, 0.4) is 0 Å². The molecule has 0 aliphatic carbocycles. The van der Waals surface area contributed by atoms with Gasteiger partial charge in [0, 0.05) is 26.2 Å². The van der Waals surface area contributed by atoms with E-state index in [9.17, 15) is 4.79 Å². The Morgan fingerprint density at radius 3 is 2.47 bits per heavy atom. The standard InChI is InChI=1S/C13H19N3O/c1-13(14,11-5-3-2-4-6-11)12(17)16-9-7-15-8-10-16/h2-6,15H,7-10,14H2,1H3. The number of piperazine rings is 1. The highest BCUT2D eigenvalue weighted by Crippen LogP contribution is 2.20. The Bertz CT molecular complexity index is 383. The number of carbonyl (C=O) groups excluding carboxylic acids is 1. The van der Waals surface area contributed by atoms with Crippen molar-refractivity contribution in [1.82, 2.24) is 10.2 Å². The fourth-order valence-corrected chi connectivity index (χ4v) is 2.10. The van der Waals surface area contributed by atoms with Gasteiger partial charge >= 0.3 is 0 Å². The van der Waals surface area contributed by atoms with E-state index in [2.05, 4.69) is 5.32 Å². The number of benzene rings is 1. The minimum absolute atomic E-state index is 0.00481. The Balaban J connectivity index is 2.17. The summed E-state index contributed by atoms with van der Waals surface area (Å²) >= 11 is 0. The molecule has 1 aliphatic heterocycles. The second kappa shape index (κ2) is 4.85. The maximum absolute atomic E-state index is 12.4. The lowest BCUT2D eigenvalue weighted by Gasteiger charge is -2.34. The summed E-state index contributed by atoms with van der Waals surface area (Å²) in [6.45, 7) is 4.94. The van der Waals surface area contributed by atoms with Crippen LogP contribution in [0.25, 0.3) is 0 Å². The van der Waals surface area contributed by atoms with Gasteiger partial charge in [-0.1, -0.05) is 30.3 Å². The van der Waals surface area contributed by atoms with Gasteiger partial charge in [0.25, 0.3) is 0 Å². The first-order valence-corrected chi connectivity index (χ1v) is 5.97. The third kappa shape index (κ3) is 2.48. The van der Waals surface area contributed by atoms with Crippen molar-refractivity contribution < 1.29 is 4.79 Å². The lowest BCUT2D eigenvalue weighted by atomic mass is 9.91. The Hall–Kier alpha value is -1.39. The van der Waals surface area contributed by atoms with Crippen LogP contribution in [0.1, 0.15) is 12.5 Å². The summed E-state index contributed by atoms with van der Waals surface area (Å²) in [5, 5.41) is 3.23. The molecule has 1 aromatic rings. The van der Waals surface area contributed by atoms with Crippen molar-refractivity contribution in [3.63, 3.8) is 0 Å². The Labute approximate surface area is 102 Å². The number of nitrogens with zero attached hydrogens (tertiary/aromatic N) is 1. The van der Waals surface area contributed by atoms with Crippen molar-refractivity contribution in [2.45, 2.75) is 12.5 Å². The van der Waals surface area contributed by atoms with Crippen LogP contribution in [-0.2, 0) is 10.3 Å². The molecule has 0 spiro atoms. The van der Waals surface area contributed by atoms with Gasteiger partial charge < -0.3 is 16.0 Å². The van der Waals surface area contributed by atoms with Gasteiger partial charge in [0.2, 0.25) is 5.91 Å². The molecule has 1 unspecified atom stereocenters. The van der Waals surface area contributed by atoms with Gasteiger partial charge in [0.1, 0.15) is 5.54 Å². The molecule has 2 rings (SSSR count). The van der Waals surface area contributed by atoms with E-state index in [0.29, 0.717) is 0 Å². The predicted molar refractivity (Wildman–Crippen MR) is 67.4 cm³/mol. The molecular formula is C13H19N3O. The normalized spacial score (nSPS) is 19.8. The van der Waals surface area contributed by atoms with Crippen molar-refractivity contribution in [2.24, 2.45) is 5.73 Å². The van der Waals surface area contributed by atoms with E-state index in [0.717, 1.165) is 31.7 Å². The number of nitrogens with one attached hydrogen (secondary N) is 1. The van der Waals surface area contributed by atoms with E-state index >= 15 is 0 Å². The summed E-state index contributed by atoms with van der Waals surface area (Å²) in [4.78, 5) is 14.2. The summed E-state index contributed by atoms with van der Waals surface area (Å²) < 4.78 is 0. The summed E-state index contributed by atoms with van der Waals surface area (Å²) in [5.74, 6) is 0.00481. The molecule has 4 nitrogen and oxygen atoms in total. The van der Waals surface area contributed by atoms with Crippen molar-refractivity contribution >= 4 is 5.91 Å². The quantitative estimate of drug-likeness (QED) is 0.772. The average molecular weight is 233 g/mol. The molecule has 4 heteroatoms. The van der Waals surface area contributed by atoms with Crippen LogP contribution in [0.2, 0.25) is 0 Å². The van der Waals surface area contributed by atoms with E-state index in [1.54, 1.807) is 6.92 Å². The first-order chi connectivity index (χ1) is 8.12. The highest BCUT2D eigenvalue weighted by atomic mass is 16.2. The van der Waals surface area contributed by atoms with Crippen LogP contribution in [0, 0.1) is 0 Å². The highest BCUT2D eigenvalue weighted by molar-refractivity contribution is 5.87. The van der Waals surface area contributed by atoms with Crippen molar-refractivity contribution in [2.75, 3.05) is 26.2 Å². The molecule has 1 fully saturated rings. The van der Waals surface area contributed by atoms with Crippen LogP contribution in [-0.4, -0.2) is 37.0 Å². The van der Waals surface area contributed by atoms with Crippen molar-refractivity contribution in [3.8, 4) is 0 Å². The fraction of sp³-hybridized carbons (Fsp3) is 0.462. The van der Waals surface area contributed by atoms with E-state index < -0.39 is 5.54 Å². The number of hydrogen-bond acceptors (Lipinski definition) is 3. The van der Waals surface area contributed by atoms with Gasteiger partial charge in [-0.2, -0.15) is 0 Å². The first kappa shape index (κ1) is 12.1. The zero-order valence-corrected chi connectivity index (χ0v) is 10.1. The molecule has 1 amide bonds. The maximum atomic E-state index is 12.4. The Morgan fingerprint density at radius 2 is 1.88 bits per heavy atom. The summed E-state index contributed by atoms with van der Waals surface area (Å²) in [6, 6.07) is 9.55. The Kier molecular flexibility index (Phi) is 3.45. The zero-order valence-electron chi connectivity index (χ0n) is 10.1. The first-order valence-electron chi connectivity index (χ1n) is 5.97. The largest absolute Gasteiger partial charge is 0.338 e. The molecule has 0 aromatic heterocycles. The molecule has 0 radical (unpaired) electrons. The number of rotatable bonds is 2. The summed E-state index contributed by atoms with van der Waals surface area (Å²) in [7, 11) is 0. The average Bonchev–Trinajstić information content (AvgIpc) is 2.40. The van der Waals surface area contributed by atoms with E-state index in [1.807, 2.05) is 35.2 Å². The molecule has 1 aromatic carbocycles. The van der Waals surface area contributed by atoms with Crippen LogP contribution in [0.4, 0.5) is 0 Å².